The number of hydrogen-bond acceptors (Lipinski definition) is 3. The van der Waals surface area contributed by atoms with Crippen LogP contribution in [0.3, 0.4) is 0 Å². The van der Waals surface area contributed by atoms with Crippen molar-refractivity contribution in [3.63, 3.8) is 0 Å². The van der Waals surface area contributed by atoms with Gasteiger partial charge in [0.15, 0.2) is 0 Å². The zero-order chi connectivity index (χ0) is 15.4. The number of aromatic carboxylic acids is 1. The zero-order valence-electron chi connectivity index (χ0n) is 11.3. The van der Waals surface area contributed by atoms with Crippen LogP contribution in [0.4, 0.5) is 5.69 Å². The number of rotatable bonds is 3. The molecule has 1 fully saturated rings. The molecule has 5 nitrogen and oxygen atoms in total. The summed E-state index contributed by atoms with van der Waals surface area (Å²) in [6.45, 7) is 0.811. The van der Waals surface area contributed by atoms with Crippen LogP contribution < -0.4 is 10.6 Å². The van der Waals surface area contributed by atoms with Gasteiger partial charge in [-0.2, -0.15) is 0 Å². The lowest BCUT2D eigenvalue weighted by Crippen LogP contribution is -2.40. The molecule has 0 aromatic heterocycles. The van der Waals surface area contributed by atoms with E-state index in [1.54, 1.807) is 6.07 Å². The lowest BCUT2D eigenvalue weighted by molar-refractivity contribution is -0.118. The number of carbonyl (C=O) groups is 2. The molecule has 3 N–H and O–H groups in total. The molecular weight excluding hydrogens is 404 g/mol. The maximum absolute atomic E-state index is 12.3. The molecule has 0 spiro atoms. The standard InChI is InChI=1S/C14H16Br2N2O3/c15-8-6-9(14(20)21)12(10(16)7-8)18-13(19)11-4-2-1-3-5-17-11/h6-7,11,17H,1-5H2,(H,18,19)(H,20,21). The maximum Gasteiger partial charge on any atom is 0.337 e. The van der Waals surface area contributed by atoms with Crippen LogP contribution >= 0.6 is 31.9 Å². The minimum absolute atomic E-state index is 0.0539. The van der Waals surface area contributed by atoms with Gasteiger partial charge in [-0.15, -0.1) is 0 Å². The summed E-state index contributed by atoms with van der Waals surface area (Å²) in [4.78, 5) is 23.7. The smallest absolute Gasteiger partial charge is 0.337 e. The molecule has 7 heteroatoms. The molecule has 1 amide bonds. The van der Waals surface area contributed by atoms with E-state index in [1.165, 1.54) is 6.07 Å². The average molecular weight is 420 g/mol. The number of hydrogen-bond donors (Lipinski definition) is 3. The molecule has 114 valence electrons. The molecule has 1 atom stereocenters. The van der Waals surface area contributed by atoms with Crippen molar-refractivity contribution in [1.82, 2.24) is 5.32 Å². The van der Waals surface area contributed by atoms with Crippen molar-refractivity contribution < 1.29 is 14.7 Å². The predicted molar refractivity (Wildman–Crippen MR) is 87.7 cm³/mol. The molecule has 0 aliphatic carbocycles. The predicted octanol–water partition coefficient (Wildman–Crippen LogP) is 3.38. The highest BCUT2D eigenvalue weighted by Gasteiger charge is 2.23. The number of anilines is 1. The maximum atomic E-state index is 12.3. The Kier molecular flexibility index (Phi) is 5.78. The van der Waals surface area contributed by atoms with Gasteiger partial charge in [-0.3, -0.25) is 4.79 Å². The third-order valence-electron chi connectivity index (χ3n) is 3.41. The molecule has 1 aromatic carbocycles. The Morgan fingerprint density at radius 2 is 2.00 bits per heavy atom. The number of carboxylic acid groups (broad SMARTS) is 1. The topological polar surface area (TPSA) is 78.4 Å². The summed E-state index contributed by atoms with van der Waals surface area (Å²) in [7, 11) is 0. The summed E-state index contributed by atoms with van der Waals surface area (Å²) >= 11 is 6.56. The van der Waals surface area contributed by atoms with Crippen LogP contribution in [0.2, 0.25) is 0 Å². The summed E-state index contributed by atoms with van der Waals surface area (Å²) in [6.07, 6.45) is 3.94. The van der Waals surface area contributed by atoms with E-state index < -0.39 is 5.97 Å². The van der Waals surface area contributed by atoms with Crippen LogP contribution in [0.25, 0.3) is 0 Å². The van der Waals surface area contributed by atoms with Crippen LogP contribution in [-0.2, 0) is 4.79 Å². The van der Waals surface area contributed by atoms with E-state index in [0.29, 0.717) is 14.6 Å². The fourth-order valence-corrected chi connectivity index (χ4v) is 3.66. The Labute approximate surface area is 139 Å². The fraction of sp³-hybridized carbons (Fsp3) is 0.429. The average Bonchev–Trinajstić information content (AvgIpc) is 2.70. The molecule has 1 heterocycles. The molecule has 21 heavy (non-hydrogen) atoms. The van der Waals surface area contributed by atoms with Crippen molar-refractivity contribution >= 4 is 49.4 Å². The van der Waals surface area contributed by atoms with Gasteiger partial charge < -0.3 is 15.7 Å². The second-order valence-electron chi connectivity index (χ2n) is 4.96. The SMILES string of the molecule is O=C(O)c1cc(Br)cc(Br)c1NC(=O)C1CCCCCN1. The van der Waals surface area contributed by atoms with Crippen molar-refractivity contribution in [1.29, 1.82) is 0 Å². The quantitative estimate of drug-likeness (QED) is 0.701. The van der Waals surface area contributed by atoms with Crippen molar-refractivity contribution in [2.45, 2.75) is 31.7 Å². The fourth-order valence-electron chi connectivity index (χ4n) is 2.33. The van der Waals surface area contributed by atoms with Gasteiger partial charge in [0.25, 0.3) is 0 Å². The highest BCUT2D eigenvalue weighted by molar-refractivity contribution is 9.11. The van der Waals surface area contributed by atoms with E-state index >= 15 is 0 Å². The van der Waals surface area contributed by atoms with E-state index in [2.05, 4.69) is 42.5 Å². The van der Waals surface area contributed by atoms with Crippen molar-refractivity contribution in [3.05, 3.63) is 26.6 Å². The van der Waals surface area contributed by atoms with Gasteiger partial charge >= 0.3 is 5.97 Å². The molecular formula is C14H16Br2N2O3. The number of nitrogens with one attached hydrogen (secondary N) is 2. The molecule has 0 radical (unpaired) electrons. The molecule has 1 saturated heterocycles. The Hall–Kier alpha value is -0.920. The van der Waals surface area contributed by atoms with Crippen LogP contribution in [0.15, 0.2) is 21.1 Å². The molecule has 1 unspecified atom stereocenters. The zero-order valence-corrected chi connectivity index (χ0v) is 14.5. The van der Waals surface area contributed by atoms with Gasteiger partial charge in [-0.05, 0) is 47.4 Å². The molecule has 1 aromatic rings. The third kappa shape index (κ3) is 4.28. The highest BCUT2D eigenvalue weighted by atomic mass is 79.9. The highest BCUT2D eigenvalue weighted by Crippen LogP contribution is 2.31. The van der Waals surface area contributed by atoms with E-state index in [9.17, 15) is 14.7 Å². The minimum atomic E-state index is -1.08. The summed E-state index contributed by atoms with van der Waals surface area (Å²) < 4.78 is 1.17. The number of halogens is 2. The van der Waals surface area contributed by atoms with Crippen LogP contribution in [0.1, 0.15) is 36.0 Å². The van der Waals surface area contributed by atoms with E-state index in [0.717, 1.165) is 32.2 Å². The first-order valence-corrected chi connectivity index (χ1v) is 8.34. The number of carboxylic acids is 1. The molecule has 1 aliphatic heterocycles. The number of carbonyl (C=O) groups excluding carboxylic acids is 1. The molecule has 0 bridgehead atoms. The number of amides is 1. The minimum Gasteiger partial charge on any atom is -0.478 e. The first-order chi connectivity index (χ1) is 9.99. The normalized spacial score (nSPS) is 18.9. The second-order valence-corrected chi connectivity index (χ2v) is 6.73. The summed E-state index contributed by atoms with van der Waals surface area (Å²) in [5.74, 6) is -1.27. The van der Waals surface area contributed by atoms with Gasteiger partial charge in [0.1, 0.15) is 0 Å². The van der Waals surface area contributed by atoms with Crippen molar-refractivity contribution in [2.75, 3.05) is 11.9 Å². The molecule has 0 saturated carbocycles. The van der Waals surface area contributed by atoms with Crippen LogP contribution in [0, 0.1) is 0 Å². The Balaban J connectivity index is 2.22. The van der Waals surface area contributed by atoms with E-state index in [1.807, 2.05) is 0 Å². The lowest BCUT2D eigenvalue weighted by Gasteiger charge is -2.17. The van der Waals surface area contributed by atoms with Crippen molar-refractivity contribution in [3.8, 4) is 0 Å². The Morgan fingerprint density at radius 1 is 1.24 bits per heavy atom. The molecule has 2 rings (SSSR count). The lowest BCUT2D eigenvalue weighted by atomic mass is 10.1. The first-order valence-electron chi connectivity index (χ1n) is 6.75. The number of benzene rings is 1. The van der Waals surface area contributed by atoms with Crippen molar-refractivity contribution in [2.24, 2.45) is 0 Å². The van der Waals surface area contributed by atoms with Gasteiger partial charge in [0, 0.05) is 8.95 Å². The Morgan fingerprint density at radius 3 is 2.71 bits per heavy atom. The van der Waals surface area contributed by atoms with Gasteiger partial charge in [0.05, 0.1) is 17.3 Å². The Bertz CT molecular complexity index is 555. The van der Waals surface area contributed by atoms with E-state index in [-0.39, 0.29) is 17.5 Å². The summed E-state index contributed by atoms with van der Waals surface area (Å²) in [6, 6.07) is 2.91. The largest absolute Gasteiger partial charge is 0.478 e. The van der Waals surface area contributed by atoms with Crippen LogP contribution in [0.5, 0.6) is 0 Å². The molecule has 1 aliphatic rings. The summed E-state index contributed by atoms with van der Waals surface area (Å²) in [5, 5.41) is 15.2. The van der Waals surface area contributed by atoms with Gasteiger partial charge in [0.2, 0.25) is 5.91 Å². The first kappa shape index (κ1) is 16.5. The van der Waals surface area contributed by atoms with Crippen LogP contribution in [-0.4, -0.2) is 29.6 Å². The second kappa shape index (κ2) is 7.38. The van der Waals surface area contributed by atoms with Gasteiger partial charge in [-0.25, -0.2) is 4.79 Å². The third-order valence-corrected chi connectivity index (χ3v) is 4.49. The van der Waals surface area contributed by atoms with E-state index in [4.69, 9.17) is 0 Å². The monoisotopic (exact) mass is 418 g/mol. The van der Waals surface area contributed by atoms with Gasteiger partial charge in [-0.1, -0.05) is 28.8 Å². The summed E-state index contributed by atoms with van der Waals surface area (Å²) in [5.41, 5.74) is 0.347.